The summed E-state index contributed by atoms with van der Waals surface area (Å²) >= 11 is 2.00. The zero-order valence-corrected chi connectivity index (χ0v) is 10.5. The first-order valence-electron chi connectivity index (χ1n) is 5.63. The van der Waals surface area contributed by atoms with E-state index < -0.39 is 0 Å². The van der Waals surface area contributed by atoms with Crippen LogP contribution in [0.4, 0.5) is 0 Å². The highest BCUT2D eigenvalue weighted by atomic mass is 32.2. The van der Waals surface area contributed by atoms with Gasteiger partial charge in [0.05, 0.1) is 0 Å². The van der Waals surface area contributed by atoms with Gasteiger partial charge in [-0.15, -0.1) is 11.8 Å². The van der Waals surface area contributed by atoms with E-state index in [9.17, 15) is 0 Å². The molecule has 0 amide bonds. The van der Waals surface area contributed by atoms with Crippen LogP contribution in [0.5, 0.6) is 0 Å². The molecule has 0 saturated carbocycles. The van der Waals surface area contributed by atoms with Gasteiger partial charge in [-0.25, -0.2) is 0 Å². The van der Waals surface area contributed by atoms with Crippen LogP contribution in [0.2, 0.25) is 0 Å². The van der Waals surface area contributed by atoms with Crippen LogP contribution in [0.15, 0.2) is 29.2 Å². The van der Waals surface area contributed by atoms with E-state index in [2.05, 4.69) is 50.5 Å². The summed E-state index contributed by atoms with van der Waals surface area (Å²) < 4.78 is 0. The molecular weight excluding hydrogens is 202 g/mol. The number of rotatable bonds is 3. The summed E-state index contributed by atoms with van der Waals surface area (Å²) in [7, 11) is 2.08. The second-order valence-electron chi connectivity index (χ2n) is 4.51. The van der Waals surface area contributed by atoms with Gasteiger partial charge in [-0.05, 0) is 24.6 Å². The molecule has 1 nitrogen and oxygen atoms in total. The van der Waals surface area contributed by atoms with Gasteiger partial charge in [0.2, 0.25) is 0 Å². The number of thioether (sulfide) groups is 1. The smallest absolute Gasteiger partial charge is 0.0164 e. The fraction of sp³-hybridized carbons (Fsp3) is 0.538. The van der Waals surface area contributed by atoms with Crippen molar-refractivity contribution < 1.29 is 0 Å². The molecule has 1 heterocycles. The maximum Gasteiger partial charge on any atom is 0.0164 e. The summed E-state index contributed by atoms with van der Waals surface area (Å²) in [5.41, 5.74) is 1.54. The van der Waals surface area contributed by atoms with E-state index in [0.29, 0.717) is 17.9 Å². The first kappa shape index (κ1) is 11.0. The van der Waals surface area contributed by atoms with Gasteiger partial charge < -0.3 is 5.32 Å². The van der Waals surface area contributed by atoms with Crippen LogP contribution in [0.3, 0.4) is 0 Å². The maximum atomic E-state index is 3.47. The Labute approximate surface area is 96.7 Å². The summed E-state index contributed by atoms with van der Waals surface area (Å²) in [6.45, 7) is 4.60. The van der Waals surface area contributed by atoms with Crippen molar-refractivity contribution in [2.45, 2.75) is 30.7 Å². The fourth-order valence-electron chi connectivity index (χ4n) is 2.48. The van der Waals surface area contributed by atoms with Crippen molar-refractivity contribution in [3.8, 4) is 0 Å². The molecule has 15 heavy (non-hydrogen) atoms. The van der Waals surface area contributed by atoms with Crippen molar-refractivity contribution in [2.75, 3.05) is 12.8 Å². The van der Waals surface area contributed by atoms with Crippen molar-refractivity contribution in [3.63, 3.8) is 0 Å². The molecule has 1 N–H and O–H groups in total. The van der Waals surface area contributed by atoms with Gasteiger partial charge >= 0.3 is 0 Å². The number of fused-ring (bicyclic) bond motifs is 1. The Balaban J connectivity index is 2.26. The van der Waals surface area contributed by atoms with Gasteiger partial charge in [0.1, 0.15) is 0 Å². The Hall–Kier alpha value is -0.470. The SMILES string of the molecule is CNC(C(C)C)C1CSc2ccccc21. The molecule has 2 heteroatoms. The number of nitrogens with one attached hydrogen (secondary N) is 1. The zero-order chi connectivity index (χ0) is 10.8. The molecule has 0 saturated heterocycles. The molecule has 0 aliphatic carbocycles. The number of likely N-dealkylation sites (N-methyl/N-ethyl adjacent to an activating group) is 1. The first-order chi connectivity index (χ1) is 7.24. The van der Waals surface area contributed by atoms with E-state index in [1.807, 2.05) is 11.8 Å². The Bertz CT molecular complexity index is 335. The lowest BCUT2D eigenvalue weighted by Crippen LogP contribution is -2.36. The Morgan fingerprint density at radius 3 is 2.73 bits per heavy atom. The highest BCUT2D eigenvalue weighted by Crippen LogP contribution is 2.42. The minimum Gasteiger partial charge on any atom is -0.316 e. The van der Waals surface area contributed by atoms with Crippen LogP contribution >= 0.6 is 11.8 Å². The second kappa shape index (κ2) is 4.58. The predicted molar refractivity (Wildman–Crippen MR) is 67.6 cm³/mol. The van der Waals surface area contributed by atoms with E-state index in [1.165, 1.54) is 16.2 Å². The first-order valence-corrected chi connectivity index (χ1v) is 6.61. The van der Waals surface area contributed by atoms with Gasteiger partial charge in [-0.1, -0.05) is 32.0 Å². The van der Waals surface area contributed by atoms with Crippen molar-refractivity contribution in [3.05, 3.63) is 29.8 Å². The Kier molecular flexibility index (Phi) is 3.37. The monoisotopic (exact) mass is 221 g/mol. The van der Waals surface area contributed by atoms with E-state index >= 15 is 0 Å². The van der Waals surface area contributed by atoms with Gasteiger partial charge in [0, 0.05) is 22.6 Å². The molecule has 1 aliphatic heterocycles. The van der Waals surface area contributed by atoms with Crippen molar-refractivity contribution in [1.29, 1.82) is 0 Å². The lowest BCUT2D eigenvalue weighted by molar-refractivity contribution is 0.380. The van der Waals surface area contributed by atoms with Crippen LogP contribution in [0, 0.1) is 5.92 Å². The van der Waals surface area contributed by atoms with Crippen molar-refractivity contribution in [2.24, 2.45) is 5.92 Å². The van der Waals surface area contributed by atoms with Crippen LogP contribution in [0.25, 0.3) is 0 Å². The molecule has 1 aromatic rings. The highest BCUT2D eigenvalue weighted by Gasteiger charge is 2.30. The molecule has 0 fully saturated rings. The van der Waals surface area contributed by atoms with Crippen LogP contribution in [-0.4, -0.2) is 18.8 Å². The fourth-order valence-corrected chi connectivity index (χ4v) is 3.79. The van der Waals surface area contributed by atoms with E-state index in [-0.39, 0.29) is 0 Å². The topological polar surface area (TPSA) is 12.0 Å². The van der Waals surface area contributed by atoms with Crippen LogP contribution < -0.4 is 5.32 Å². The average molecular weight is 221 g/mol. The molecule has 2 atom stereocenters. The molecule has 82 valence electrons. The number of benzene rings is 1. The average Bonchev–Trinajstić information content (AvgIpc) is 2.63. The Morgan fingerprint density at radius 1 is 1.33 bits per heavy atom. The van der Waals surface area contributed by atoms with Gasteiger partial charge in [0.15, 0.2) is 0 Å². The Morgan fingerprint density at radius 2 is 2.07 bits per heavy atom. The lowest BCUT2D eigenvalue weighted by atomic mass is 9.87. The molecule has 2 unspecified atom stereocenters. The molecule has 1 aromatic carbocycles. The summed E-state index contributed by atoms with van der Waals surface area (Å²) in [4.78, 5) is 1.48. The minimum absolute atomic E-state index is 0.598. The summed E-state index contributed by atoms with van der Waals surface area (Å²) in [5.74, 6) is 2.59. The minimum atomic E-state index is 0.598. The lowest BCUT2D eigenvalue weighted by Gasteiger charge is -2.27. The van der Waals surface area contributed by atoms with E-state index in [4.69, 9.17) is 0 Å². The quantitative estimate of drug-likeness (QED) is 0.841. The second-order valence-corrected chi connectivity index (χ2v) is 5.58. The summed E-state index contributed by atoms with van der Waals surface area (Å²) in [6, 6.07) is 9.42. The van der Waals surface area contributed by atoms with Gasteiger partial charge in [0.25, 0.3) is 0 Å². The summed E-state index contributed by atoms with van der Waals surface area (Å²) in [5, 5.41) is 3.47. The third kappa shape index (κ3) is 2.06. The third-order valence-corrected chi connectivity index (χ3v) is 4.43. The number of hydrogen-bond donors (Lipinski definition) is 1. The van der Waals surface area contributed by atoms with E-state index in [0.717, 1.165) is 0 Å². The molecule has 2 rings (SSSR count). The highest BCUT2D eigenvalue weighted by molar-refractivity contribution is 7.99. The largest absolute Gasteiger partial charge is 0.316 e. The maximum absolute atomic E-state index is 3.47. The molecule has 0 spiro atoms. The molecule has 0 radical (unpaired) electrons. The predicted octanol–water partition coefficient (Wildman–Crippen LogP) is 3.12. The van der Waals surface area contributed by atoms with Crippen molar-refractivity contribution in [1.82, 2.24) is 5.32 Å². The molecule has 0 aromatic heterocycles. The molecular formula is C13H19NS. The zero-order valence-electron chi connectivity index (χ0n) is 9.66. The van der Waals surface area contributed by atoms with Gasteiger partial charge in [-0.3, -0.25) is 0 Å². The van der Waals surface area contributed by atoms with Gasteiger partial charge in [-0.2, -0.15) is 0 Å². The van der Waals surface area contributed by atoms with Crippen LogP contribution in [0.1, 0.15) is 25.3 Å². The molecule has 0 bridgehead atoms. The van der Waals surface area contributed by atoms with E-state index in [1.54, 1.807) is 0 Å². The summed E-state index contributed by atoms with van der Waals surface area (Å²) in [6.07, 6.45) is 0. The third-order valence-electron chi connectivity index (χ3n) is 3.22. The van der Waals surface area contributed by atoms with Crippen LogP contribution in [-0.2, 0) is 0 Å². The number of hydrogen-bond acceptors (Lipinski definition) is 2. The molecule has 1 aliphatic rings. The normalized spacial score (nSPS) is 21.7. The van der Waals surface area contributed by atoms with Crippen molar-refractivity contribution >= 4 is 11.8 Å². The standard InChI is InChI=1S/C13H19NS/c1-9(2)13(14-3)11-8-15-12-7-5-4-6-10(11)12/h4-7,9,11,13-14H,8H2,1-3H3.